The lowest BCUT2D eigenvalue weighted by Gasteiger charge is -2.32. The lowest BCUT2D eigenvalue weighted by Crippen LogP contribution is -2.34. The van der Waals surface area contributed by atoms with Crippen molar-refractivity contribution in [3.05, 3.63) is 54.0 Å². The Balaban J connectivity index is 1.35. The molecular formula is C25H32N6O. The number of aromatic nitrogens is 4. The number of benzene rings is 1. The topological polar surface area (TPSA) is 59.3 Å². The van der Waals surface area contributed by atoms with Gasteiger partial charge >= 0.3 is 0 Å². The smallest absolute Gasteiger partial charge is 0.225 e. The first-order chi connectivity index (χ1) is 15.7. The quantitative estimate of drug-likeness (QED) is 0.589. The molecule has 0 spiro atoms. The van der Waals surface area contributed by atoms with Crippen LogP contribution in [0.1, 0.15) is 42.9 Å². The van der Waals surface area contributed by atoms with Gasteiger partial charge in [-0.15, -0.1) is 0 Å². The van der Waals surface area contributed by atoms with Crippen molar-refractivity contribution in [2.75, 3.05) is 38.2 Å². The number of rotatable bonds is 6. The first-order valence-corrected chi connectivity index (χ1v) is 11.7. The molecule has 2 aromatic heterocycles. The fourth-order valence-electron chi connectivity index (χ4n) is 4.98. The van der Waals surface area contributed by atoms with E-state index in [1.807, 2.05) is 36.1 Å². The molecule has 32 heavy (non-hydrogen) atoms. The van der Waals surface area contributed by atoms with Crippen molar-refractivity contribution < 1.29 is 4.74 Å². The van der Waals surface area contributed by atoms with Crippen LogP contribution in [0.25, 0.3) is 11.3 Å². The van der Waals surface area contributed by atoms with Crippen LogP contribution in [0.4, 0.5) is 5.95 Å². The molecule has 2 aliphatic heterocycles. The Morgan fingerprint density at radius 3 is 2.62 bits per heavy atom. The van der Waals surface area contributed by atoms with Gasteiger partial charge in [0.05, 0.1) is 18.5 Å². The van der Waals surface area contributed by atoms with E-state index in [1.165, 1.54) is 24.8 Å². The Bertz CT molecular complexity index is 1040. The van der Waals surface area contributed by atoms with E-state index in [0.717, 1.165) is 67.8 Å². The van der Waals surface area contributed by atoms with Crippen molar-refractivity contribution in [3.8, 4) is 17.0 Å². The molecule has 7 nitrogen and oxygen atoms in total. The molecular weight excluding hydrogens is 400 g/mol. The maximum absolute atomic E-state index is 5.29. The molecule has 3 aromatic rings. The van der Waals surface area contributed by atoms with E-state index in [1.54, 1.807) is 7.11 Å². The van der Waals surface area contributed by atoms with E-state index in [-0.39, 0.29) is 0 Å². The average molecular weight is 433 g/mol. The summed E-state index contributed by atoms with van der Waals surface area (Å²) >= 11 is 0. The van der Waals surface area contributed by atoms with Gasteiger partial charge in [-0.3, -0.25) is 9.58 Å². The maximum Gasteiger partial charge on any atom is 0.225 e. The van der Waals surface area contributed by atoms with E-state index >= 15 is 0 Å². The zero-order valence-corrected chi connectivity index (χ0v) is 19.1. The molecule has 0 amide bonds. The maximum atomic E-state index is 5.29. The molecule has 2 fully saturated rings. The van der Waals surface area contributed by atoms with Crippen molar-refractivity contribution in [2.45, 2.75) is 38.1 Å². The van der Waals surface area contributed by atoms with Gasteiger partial charge in [-0.2, -0.15) is 5.10 Å². The number of ether oxygens (including phenoxy) is 1. The van der Waals surface area contributed by atoms with Gasteiger partial charge in [0.25, 0.3) is 0 Å². The predicted molar refractivity (Wildman–Crippen MR) is 126 cm³/mol. The van der Waals surface area contributed by atoms with E-state index in [0.29, 0.717) is 5.92 Å². The predicted octanol–water partition coefficient (Wildman–Crippen LogP) is 3.87. The molecule has 0 unspecified atom stereocenters. The van der Waals surface area contributed by atoms with Crippen molar-refractivity contribution in [1.29, 1.82) is 0 Å². The molecule has 0 N–H and O–H groups in total. The fraction of sp³-hybridized carbons (Fsp3) is 0.480. The van der Waals surface area contributed by atoms with Gasteiger partial charge < -0.3 is 9.64 Å². The molecule has 168 valence electrons. The van der Waals surface area contributed by atoms with Crippen LogP contribution >= 0.6 is 0 Å². The average Bonchev–Trinajstić information content (AvgIpc) is 3.50. The largest absolute Gasteiger partial charge is 0.497 e. The number of likely N-dealkylation sites (tertiary alicyclic amines) is 1. The molecule has 5 rings (SSSR count). The van der Waals surface area contributed by atoms with Gasteiger partial charge in [-0.25, -0.2) is 9.97 Å². The van der Waals surface area contributed by atoms with Crippen LogP contribution in [0.15, 0.2) is 42.7 Å². The first kappa shape index (κ1) is 20.9. The molecule has 7 heteroatoms. The molecule has 0 radical (unpaired) electrons. The summed E-state index contributed by atoms with van der Waals surface area (Å²) in [4.78, 5) is 14.3. The third kappa shape index (κ3) is 4.48. The second kappa shape index (κ2) is 9.28. The molecule has 0 aliphatic carbocycles. The van der Waals surface area contributed by atoms with Crippen LogP contribution in [0.2, 0.25) is 0 Å². The molecule has 0 saturated carbocycles. The number of aryl methyl sites for hydroxylation is 1. The van der Waals surface area contributed by atoms with Crippen LogP contribution in [0.3, 0.4) is 0 Å². The fourth-order valence-corrected chi connectivity index (χ4v) is 4.98. The highest BCUT2D eigenvalue weighted by atomic mass is 16.5. The van der Waals surface area contributed by atoms with Gasteiger partial charge in [0.1, 0.15) is 5.75 Å². The summed E-state index contributed by atoms with van der Waals surface area (Å²) in [5.41, 5.74) is 4.61. The third-order valence-corrected chi connectivity index (χ3v) is 6.62. The third-order valence-electron chi connectivity index (χ3n) is 6.62. The summed E-state index contributed by atoms with van der Waals surface area (Å²) in [5.74, 6) is 2.16. The lowest BCUT2D eigenvalue weighted by atomic mass is 9.91. The lowest BCUT2D eigenvalue weighted by molar-refractivity contribution is 0.198. The second-order valence-electron chi connectivity index (χ2n) is 8.96. The van der Waals surface area contributed by atoms with Crippen LogP contribution in [0, 0.1) is 0 Å². The summed E-state index contributed by atoms with van der Waals surface area (Å²) in [6, 6.07) is 10.4. The number of nitrogens with zero attached hydrogens (tertiary/aromatic N) is 6. The second-order valence-corrected chi connectivity index (χ2v) is 8.96. The van der Waals surface area contributed by atoms with Crippen molar-refractivity contribution >= 4 is 5.95 Å². The van der Waals surface area contributed by atoms with Crippen LogP contribution in [-0.4, -0.2) is 57.9 Å². The van der Waals surface area contributed by atoms with E-state index in [4.69, 9.17) is 14.8 Å². The minimum atomic E-state index is 0.406. The normalized spacial score (nSPS) is 19.4. The standard InChI is InChI=1S/C25H32N6O/c1-29-18-22(23-11-12-26-25(27-23)31-14-3-4-15-31)24(28-29)20-6-5-13-30(17-20)16-19-7-9-21(32-2)10-8-19/h7-12,18,20H,3-6,13-17H2,1-2H3/t20-/m0/s1. The minimum Gasteiger partial charge on any atom is -0.497 e. The van der Waals surface area contributed by atoms with Crippen molar-refractivity contribution in [2.24, 2.45) is 7.05 Å². The Kier molecular flexibility index (Phi) is 6.08. The number of hydrogen-bond acceptors (Lipinski definition) is 6. The summed E-state index contributed by atoms with van der Waals surface area (Å²) in [6.45, 7) is 5.19. The van der Waals surface area contributed by atoms with Gasteiger partial charge in [-0.05, 0) is 56.0 Å². The number of anilines is 1. The highest BCUT2D eigenvalue weighted by molar-refractivity contribution is 5.63. The van der Waals surface area contributed by atoms with Crippen LogP contribution < -0.4 is 9.64 Å². The van der Waals surface area contributed by atoms with Crippen molar-refractivity contribution in [3.63, 3.8) is 0 Å². The molecule has 1 aromatic carbocycles. The number of piperidine rings is 1. The van der Waals surface area contributed by atoms with Gasteiger partial charge in [-0.1, -0.05) is 12.1 Å². The SMILES string of the molecule is COc1ccc(CN2CCC[C@H](c3nn(C)cc3-c3ccnc(N4CCCC4)n3)C2)cc1. The number of methoxy groups -OCH3 is 1. The summed E-state index contributed by atoms with van der Waals surface area (Å²) in [6.07, 6.45) is 8.79. The highest BCUT2D eigenvalue weighted by Crippen LogP contribution is 2.34. The Hall–Kier alpha value is -2.93. The molecule has 1 atom stereocenters. The molecule has 2 saturated heterocycles. The summed E-state index contributed by atoms with van der Waals surface area (Å²) in [7, 11) is 3.72. The van der Waals surface area contributed by atoms with E-state index < -0.39 is 0 Å². The molecule has 4 heterocycles. The van der Waals surface area contributed by atoms with Crippen LogP contribution in [0.5, 0.6) is 5.75 Å². The summed E-state index contributed by atoms with van der Waals surface area (Å²) in [5, 5.41) is 4.90. The molecule has 0 bridgehead atoms. The van der Waals surface area contributed by atoms with Gasteiger partial charge in [0, 0.05) is 57.1 Å². The van der Waals surface area contributed by atoms with E-state index in [2.05, 4.69) is 33.1 Å². The summed E-state index contributed by atoms with van der Waals surface area (Å²) < 4.78 is 7.23. The van der Waals surface area contributed by atoms with Gasteiger partial charge in [0.2, 0.25) is 5.95 Å². The Morgan fingerprint density at radius 2 is 1.84 bits per heavy atom. The molecule has 2 aliphatic rings. The highest BCUT2D eigenvalue weighted by Gasteiger charge is 2.27. The first-order valence-electron chi connectivity index (χ1n) is 11.7. The van der Waals surface area contributed by atoms with Crippen LogP contribution in [-0.2, 0) is 13.6 Å². The van der Waals surface area contributed by atoms with Gasteiger partial charge in [0.15, 0.2) is 0 Å². The van der Waals surface area contributed by atoms with Crippen molar-refractivity contribution in [1.82, 2.24) is 24.6 Å². The number of hydrogen-bond donors (Lipinski definition) is 0. The Morgan fingerprint density at radius 1 is 1.03 bits per heavy atom. The Labute approximate surface area is 190 Å². The van der Waals surface area contributed by atoms with E-state index in [9.17, 15) is 0 Å². The monoisotopic (exact) mass is 432 g/mol. The zero-order chi connectivity index (χ0) is 21.9. The zero-order valence-electron chi connectivity index (χ0n) is 19.1. The minimum absolute atomic E-state index is 0.406.